The monoisotopic (exact) mass is 519 g/mol. The molecule has 0 radical (unpaired) electrons. The average Bonchev–Trinajstić information content (AvgIpc) is 2.88. The van der Waals surface area contributed by atoms with E-state index in [-0.39, 0.29) is 27.5 Å². The molecule has 0 unspecified atom stereocenters. The van der Waals surface area contributed by atoms with Crippen LogP contribution in [0.15, 0.2) is 95.9 Å². The lowest BCUT2D eigenvalue weighted by Gasteiger charge is -2.12. The van der Waals surface area contributed by atoms with E-state index in [1.165, 1.54) is 43.5 Å². The molecule has 0 heterocycles. The minimum Gasteiger partial charge on any atom is -0.507 e. The Bertz CT molecular complexity index is 1590. The number of ether oxygens (including phenoxy) is 1. The van der Waals surface area contributed by atoms with E-state index < -0.39 is 26.4 Å². The van der Waals surface area contributed by atoms with E-state index >= 15 is 0 Å². The lowest BCUT2D eigenvalue weighted by Crippen LogP contribution is -2.13. The molecule has 0 saturated heterocycles. The third-order valence-electron chi connectivity index (χ3n) is 5.36. The number of nitro groups is 1. The summed E-state index contributed by atoms with van der Waals surface area (Å²) in [6.45, 7) is 0. The molecule has 0 atom stereocenters. The van der Waals surface area contributed by atoms with Crippen LogP contribution in [0, 0.1) is 10.1 Å². The molecule has 11 heteroatoms. The Balaban J connectivity index is 1.61. The summed E-state index contributed by atoms with van der Waals surface area (Å²) in [5.74, 6) is -0.327. The van der Waals surface area contributed by atoms with Gasteiger partial charge in [-0.2, -0.15) is 0 Å². The normalized spacial score (nSPS) is 10.9. The van der Waals surface area contributed by atoms with Gasteiger partial charge >= 0.3 is 0 Å². The number of phenolic OH excluding ortho intramolecular Hbond substituents is 1. The summed E-state index contributed by atoms with van der Waals surface area (Å²) >= 11 is 0. The number of methoxy groups -OCH3 is 1. The highest BCUT2D eigenvalue weighted by molar-refractivity contribution is 7.92. The van der Waals surface area contributed by atoms with E-state index in [9.17, 15) is 28.4 Å². The van der Waals surface area contributed by atoms with Gasteiger partial charge in [-0.15, -0.1) is 0 Å². The molecule has 0 fully saturated rings. The van der Waals surface area contributed by atoms with Crippen LogP contribution in [0.5, 0.6) is 11.5 Å². The van der Waals surface area contributed by atoms with Crippen LogP contribution in [-0.4, -0.2) is 31.3 Å². The second kappa shape index (κ2) is 10.4. The largest absolute Gasteiger partial charge is 0.507 e. The Morgan fingerprint density at radius 2 is 1.65 bits per heavy atom. The fourth-order valence-corrected chi connectivity index (χ4v) is 4.61. The van der Waals surface area contributed by atoms with E-state index in [4.69, 9.17) is 4.74 Å². The molecule has 10 nitrogen and oxygen atoms in total. The van der Waals surface area contributed by atoms with Crippen LogP contribution in [0.2, 0.25) is 0 Å². The Labute approximate surface area is 212 Å². The molecule has 0 amide bonds. The molecule has 3 N–H and O–H groups in total. The number of para-hydroxylation sites is 1. The number of carbonyl (C=O) groups excluding carboxylic acids is 1. The molecule has 0 aliphatic rings. The van der Waals surface area contributed by atoms with E-state index in [1.807, 2.05) is 0 Å². The van der Waals surface area contributed by atoms with Crippen LogP contribution in [0.3, 0.4) is 0 Å². The first-order valence-corrected chi connectivity index (χ1v) is 12.3. The molecule has 4 aromatic rings. The van der Waals surface area contributed by atoms with Crippen LogP contribution in [0.25, 0.3) is 0 Å². The van der Waals surface area contributed by atoms with Crippen molar-refractivity contribution in [1.29, 1.82) is 0 Å². The van der Waals surface area contributed by atoms with Crippen molar-refractivity contribution in [1.82, 2.24) is 0 Å². The fraction of sp³-hybridized carbons (Fsp3) is 0.0385. The van der Waals surface area contributed by atoms with Gasteiger partial charge in [-0.1, -0.05) is 30.3 Å². The topological polar surface area (TPSA) is 148 Å². The van der Waals surface area contributed by atoms with Crippen LogP contribution < -0.4 is 14.8 Å². The van der Waals surface area contributed by atoms with Gasteiger partial charge in [0.15, 0.2) is 5.78 Å². The highest BCUT2D eigenvalue weighted by Gasteiger charge is 2.22. The molecule has 4 aromatic carbocycles. The molecule has 0 aliphatic heterocycles. The number of hydrogen-bond donors (Lipinski definition) is 3. The summed E-state index contributed by atoms with van der Waals surface area (Å²) in [4.78, 5) is 23.7. The van der Waals surface area contributed by atoms with E-state index in [1.54, 1.807) is 48.5 Å². The van der Waals surface area contributed by atoms with Crippen molar-refractivity contribution >= 4 is 38.6 Å². The Kier molecular flexibility index (Phi) is 7.07. The highest BCUT2D eigenvalue weighted by atomic mass is 32.2. The molecule has 0 spiro atoms. The number of nitro benzene ring substituents is 1. The van der Waals surface area contributed by atoms with Crippen LogP contribution in [0.1, 0.15) is 15.9 Å². The molecule has 188 valence electrons. The maximum absolute atomic E-state index is 12.9. The molecule has 4 rings (SSSR count). The third kappa shape index (κ3) is 5.68. The zero-order valence-electron chi connectivity index (χ0n) is 19.4. The van der Waals surface area contributed by atoms with Crippen molar-refractivity contribution < 1.29 is 28.0 Å². The van der Waals surface area contributed by atoms with Gasteiger partial charge in [-0.3, -0.25) is 19.6 Å². The molecule has 37 heavy (non-hydrogen) atoms. The summed E-state index contributed by atoms with van der Waals surface area (Å²) in [7, 11) is -2.64. The quantitative estimate of drug-likeness (QED) is 0.157. The molecule has 0 bridgehead atoms. The van der Waals surface area contributed by atoms with Crippen molar-refractivity contribution in [3.8, 4) is 11.5 Å². The summed E-state index contributed by atoms with van der Waals surface area (Å²) < 4.78 is 32.9. The number of aromatic hydroxyl groups is 1. The first-order chi connectivity index (χ1) is 17.7. The Hall–Kier alpha value is -4.90. The number of ketones is 1. The molecular formula is C26H21N3O7S. The molecule has 0 saturated carbocycles. The smallest absolute Gasteiger partial charge is 0.294 e. The number of phenols is 1. The SMILES string of the molecule is COc1ccc(C(=O)c2cccc(Nc3ccc(S(=O)(=O)Nc4ccccc4)cc3[N+](=O)[O-])c2)c(O)c1. The summed E-state index contributed by atoms with van der Waals surface area (Å²) in [5.41, 5.74) is 0.501. The minimum absolute atomic E-state index is 0.0283. The summed E-state index contributed by atoms with van der Waals surface area (Å²) in [6.07, 6.45) is 0. The molecule has 0 aromatic heterocycles. The zero-order valence-corrected chi connectivity index (χ0v) is 20.2. The number of benzene rings is 4. The minimum atomic E-state index is -4.08. The molecular weight excluding hydrogens is 498 g/mol. The maximum atomic E-state index is 12.9. The number of nitrogens with one attached hydrogen (secondary N) is 2. The predicted octanol–water partition coefficient (Wildman–Crippen LogP) is 5.08. The van der Waals surface area contributed by atoms with Gasteiger partial charge in [-0.05, 0) is 48.5 Å². The second-order valence-electron chi connectivity index (χ2n) is 7.83. The zero-order chi connectivity index (χ0) is 26.6. The number of nitrogens with zero attached hydrogens (tertiary/aromatic N) is 1. The summed E-state index contributed by atoms with van der Waals surface area (Å²) in [6, 6.07) is 22.1. The first kappa shape index (κ1) is 25.2. The van der Waals surface area contributed by atoms with Gasteiger partial charge in [0.05, 0.1) is 22.5 Å². The van der Waals surface area contributed by atoms with E-state index in [0.29, 0.717) is 17.1 Å². The fourth-order valence-electron chi connectivity index (χ4n) is 3.54. The average molecular weight is 520 g/mol. The van der Waals surface area contributed by atoms with Gasteiger partial charge in [0, 0.05) is 29.1 Å². The lowest BCUT2D eigenvalue weighted by atomic mass is 10.0. The number of hydrogen-bond acceptors (Lipinski definition) is 8. The van der Waals surface area contributed by atoms with E-state index in [2.05, 4.69) is 10.0 Å². The van der Waals surface area contributed by atoms with Crippen molar-refractivity contribution in [2.75, 3.05) is 17.1 Å². The number of carbonyl (C=O) groups is 1. The number of anilines is 3. The van der Waals surface area contributed by atoms with Gasteiger partial charge < -0.3 is 15.2 Å². The van der Waals surface area contributed by atoms with Gasteiger partial charge in [-0.25, -0.2) is 8.42 Å². The van der Waals surface area contributed by atoms with Gasteiger partial charge in [0.25, 0.3) is 15.7 Å². The number of rotatable bonds is 9. The maximum Gasteiger partial charge on any atom is 0.294 e. The van der Waals surface area contributed by atoms with Crippen molar-refractivity contribution in [3.63, 3.8) is 0 Å². The third-order valence-corrected chi connectivity index (χ3v) is 6.73. The van der Waals surface area contributed by atoms with E-state index in [0.717, 1.165) is 6.07 Å². The second-order valence-corrected chi connectivity index (χ2v) is 9.51. The van der Waals surface area contributed by atoms with Crippen molar-refractivity contribution in [2.24, 2.45) is 0 Å². The lowest BCUT2D eigenvalue weighted by molar-refractivity contribution is -0.384. The van der Waals surface area contributed by atoms with Gasteiger partial charge in [0.2, 0.25) is 0 Å². The van der Waals surface area contributed by atoms with Crippen LogP contribution >= 0.6 is 0 Å². The number of sulfonamides is 1. The summed E-state index contributed by atoms with van der Waals surface area (Å²) in [5, 5.41) is 24.8. The Morgan fingerprint density at radius 1 is 0.919 bits per heavy atom. The highest BCUT2D eigenvalue weighted by Crippen LogP contribution is 2.32. The van der Waals surface area contributed by atoms with Crippen molar-refractivity contribution in [3.05, 3.63) is 112 Å². The van der Waals surface area contributed by atoms with Gasteiger partial charge in [0.1, 0.15) is 17.2 Å². The van der Waals surface area contributed by atoms with Crippen LogP contribution in [-0.2, 0) is 10.0 Å². The van der Waals surface area contributed by atoms with Crippen molar-refractivity contribution in [2.45, 2.75) is 4.90 Å². The standard InChI is InChI=1S/C26H21N3O7S/c1-36-20-10-12-22(25(30)15-20)26(31)17-6-5-9-19(14-17)27-23-13-11-21(16-24(23)29(32)33)37(34,35)28-18-7-3-2-4-8-18/h2-16,27-28,30H,1H3. The Morgan fingerprint density at radius 3 is 2.32 bits per heavy atom. The first-order valence-electron chi connectivity index (χ1n) is 10.8. The molecule has 0 aliphatic carbocycles. The predicted molar refractivity (Wildman–Crippen MR) is 138 cm³/mol. The van der Waals surface area contributed by atoms with Crippen LogP contribution in [0.4, 0.5) is 22.7 Å².